The van der Waals surface area contributed by atoms with Gasteiger partial charge in [0.2, 0.25) is 5.91 Å². The van der Waals surface area contributed by atoms with Gasteiger partial charge in [0.05, 0.1) is 13.2 Å². The first-order valence-corrected chi connectivity index (χ1v) is 5.56. The van der Waals surface area contributed by atoms with E-state index in [1.54, 1.807) is 25.9 Å². The van der Waals surface area contributed by atoms with Crippen molar-refractivity contribution in [1.29, 1.82) is 0 Å². The molecule has 0 aliphatic heterocycles. The fourth-order valence-electron chi connectivity index (χ4n) is 1.23. The van der Waals surface area contributed by atoms with Gasteiger partial charge in [-0.1, -0.05) is 0 Å². The summed E-state index contributed by atoms with van der Waals surface area (Å²) >= 11 is 0. The van der Waals surface area contributed by atoms with Gasteiger partial charge in [-0.15, -0.1) is 0 Å². The number of likely N-dealkylation sites (N-methyl/N-ethyl adjacent to an activating group) is 1. The van der Waals surface area contributed by atoms with E-state index in [9.17, 15) is 14.4 Å². The molecule has 0 rings (SSSR count). The molecule has 1 amide bonds. The highest BCUT2D eigenvalue weighted by Crippen LogP contribution is 1.93. The average Bonchev–Trinajstić information content (AvgIpc) is 2.25. The molecule has 0 saturated heterocycles. The second kappa shape index (κ2) is 8.69. The van der Waals surface area contributed by atoms with E-state index in [4.69, 9.17) is 0 Å². The van der Waals surface area contributed by atoms with E-state index in [-0.39, 0.29) is 31.3 Å². The molecule has 0 atom stereocenters. The summed E-state index contributed by atoms with van der Waals surface area (Å²) in [5.74, 6) is -0.783. The van der Waals surface area contributed by atoms with Crippen molar-refractivity contribution in [1.82, 2.24) is 10.2 Å². The van der Waals surface area contributed by atoms with Crippen LogP contribution >= 0.6 is 0 Å². The molecule has 0 spiro atoms. The molecule has 0 aromatic heterocycles. The lowest BCUT2D eigenvalue weighted by molar-refractivity contribution is -0.145. The fraction of sp³-hybridized carbons (Fsp3) is 0.727. The maximum Gasteiger partial charge on any atom is 0.313 e. The van der Waals surface area contributed by atoms with Gasteiger partial charge in [0, 0.05) is 20.0 Å². The van der Waals surface area contributed by atoms with Gasteiger partial charge in [-0.3, -0.25) is 19.3 Å². The Balaban J connectivity index is 3.80. The van der Waals surface area contributed by atoms with E-state index in [1.165, 1.54) is 0 Å². The largest absolute Gasteiger partial charge is 0.466 e. The number of carbonyl (C=O) groups excluding carboxylic acids is 3. The highest BCUT2D eigenvalue weighted by Gasteiger charge is 2.13. The van der Waals surface area contributed by atoms with Crippen molar-refractivity contribution in [2.24, 2.45) is 0 Å². The molecular weight excluding hydrogens is 224 g/mol. The number of nitrogens with zero attached hydrogens (tertiary/aromatic N) is 1. The standard InChI is InChI=1S/C11H20N2O4/c1-4-17-11(16)7-9(14)8-13(3)6-5-10(15)12-2/h4-8H2,1-3H3,(H,12,15). The zero-order valence-corrected chi connectivity index (χ0v) is 10.6. The molecule has 0 radical (unpaired) electrons. The quantitative estimate of drug-likeness (QED) is 0.463. The van der Waals surface area contributed by atoms with E-state index < -0.39 is 5.97 Å². The van der Waals surface area contributed by atoms with Crippen LogP contribution in [0.5, 0.6) is 0 Å². The van der Waals surface area contributed by atoms with Crippen molar-refractivity contribution in [3.05, 3.63) is 0 Å². The molecular formula is C11H20N2O4. The van der Waals surface area contributed by atoms with Crippen molar-refractivity contribution >= 4 is 17.7 Å². The third kappa shape index (κ3) is 8.38. The van der Waals surface area contributed by atoms with Crippen LogP contribution < -0.4 is 5.32 Å². The Morgan fingerprint density at radius 2 is 1.94 bits per heavy atom. The van der Waals surface area contributed by atoms with E-state index in [0.717, 1.165) is 0 Å². The first kappa shape index (κ1) is 15.6. The zero-order valence-electron chi connectivity index (χ0n) is 10.6. The van der Waals surface area contributed by atoms with Gasteiger partial charge in [0.15, 0.2) is 5.78 Å². The predicted molar refractivity (Wildman–Crippen MR) is 62.4 cm³/mol. The second-order valence-corrected chi connectivity index (χ2v) is 3.68. The lowest BCUT2D eigenvalue weighted by Crippen LogP contribution is -2.31. The summed E-state index contributed by atoms with van der Waals surface area (Å²) < 4.78 is 4.67. The summed E-state index contributed by atoms with van der Waals surface area (Å²) in [5.41, 5.74) is 0. The summed E-state index contributed by atoms with van der Waals surface area (Å²) in [6, 6.07) is 0. The SMILES string of the molecule is CCOC(=O)CC(=O)CN(C)CCC(=O)NC. The second-order valence-electron chi connectivity index (χ2n) is 3.68. The molecule has 17 heavy (non-hydrogen) atoms. The van der Waals surface area contributed by atoms with Crippen LogP contribution in [-0.4, -0.2) is 56.4 Å². The maximum atomic E-state index is 11.4. The molecule has 0 bridgehead atoms. The van der Waals surface area contributed by atoms with Gasteiger partial charge in [-0.05, 0) is 14.0 Å². The number of rotatable bonds is 8. The Labute approximate surface area is 101 Å². The monoisotopic (exact) mass is 244 g/mol. The summed E-state index contributed by atoms with van der Waals surface area (Å²) in [6.45, 7) is 2.60. The number of hydrogen-bond acceptors (Lipinski definition) is 5. The smallest absolute Gasteiger partial charge is 0.313 e. The van der Waals surface area contributed by atoms with Crippen LogP contribution in [0.4, 0.5) is 0 Å². The van der Waals surface area contributed by atoms with E-state index >= 15 is 0 Å². The molecule has 98 valence electrons. The van der Waals surface area contributed by atoms with Crippen LogP contribution in [0.3, 0.4) is 0 Å². The number of carbonyl (C=O) groups is 3. The predicted octanol–water partition coefficient (Wildman–Crippen LogP) is -0.423. The molecule has 0 fully saturated rings. The topological polar surface area (TPSA) is 75.7 Å². The van der Waals surface area contributed by atoms with Crippen molar-refractivity contribution in [2.75, 3.05) is 33.8 Å². The highest BCUT2D eigenvalue weighted by atomic mass is 16.5. The van der Waals surface area contributed by atoms with Gasteiger partial charge >= 0.3 is 5.97 Å². The third-order valence-electron chi connectivity index (χ3n) is 2.09. The summed E-state index contributed by atoms with van der Waals surface area (Å²) in [7, 11) is 3.29. The molecule has 0 heterocycles. The Hall–Kier alpha value is -1.43. The molecule has 0 unspecified atom stereocenters. The van der Waals surface area contributed by atoms with E-state index in [1.807, 2.05) is 0 Å². The number of hydrogen-bond donors (Lipinski definition) is 1. The van der Waals surface area contributed by atoms with Gasteiger partial charge in [0.25, 0.3) is 0 Å². The van der Waals surface area contributed by atoms with Crippen LogP contribution in [-0.2, 0) is 19.1 Å². The van der Waals surface area contributed by atoms with Crippen molar-refractivity contribution < 1.29 is 19.1 Å². The summed E-state index contributed by atoms with van der Waals surface area (Å²) in [5, 5.41) is 2.50. The Bertz CT molecular complexity index is 279. The van der Waals surface area contributed by atoms with E-state index in [2.05, 4.69) is 10.1 Å². The van der Waals surface area contributed by atoms with Crippen molar-refractivity contribution in [2.45, 2.75) is 19.8 Å². The maximum absolute atomic E-state index is 11.4. The lowest BCUT2D eigenvalue weighted by Gasteiger charge is -2.14. The van der Waals surface area contributed by atoms with Gasteiger partial charge < -0.3 is 10.1 Å². The average molecular weight is 244 g/mol. The number of ketones is 1. The number of amides is 1. The van der Waals surface area contributed by atoms with Crippen LogP contribution in [0.15, 0.2) is 0 Å². The molecule has 0 aliphatic rings. The molecule has 1 N–H and O–H groups in total. The highest BCUT2D eigenvalue weighted by molar-refractivity contribution is 5.96. The number of Topliss-reactive ketones (excluding diaryl/α,β-unsaturated/α-hetero) is 1. The van der Waals surface area contributed by atoms with Crippen molar-refractivity contribution in [3.63, 3.8) is 0 Å². The number of esters is 1. The molecule has 0 aromatic rings. The molecule has 6 nitrogen and oxygen atoms in total. The normalized spacial score (nSPS) is 10.1. The van der Waals surface area contributed by atoms with Crippen molar-refractivity contribution in [3.8, 4) is 0 Å². The molecule has 6 heteroatoms. The Kier molecular flexibility index (Phi) is 7.96. The number of ether oxygens (including phenoxy) is 1. The first-order chi connectivity index (χ1) is 7.99. The van der Waals surface area contributed by atoms with Crippen LogP contribution in [0, 0.1) is 0 Å². The van der Waals surface area contributed by atoms with Crippen LogP contribution in [0.2, 0.25) is 0 Å². The Morgan fingerprint density at radius 1 is 1.29 bits per heavy atom. The number of nitrogens with one attached hydrogen (secondary N) is 1. The molecule has 0 aromatic carbocycles. The minimum Gasteiger partial charge on any atom is -0.466 e. The zero-order chi connectivity index (χ0) is 13.3. The third-order valence-corrected chi connectivity index (χ3v) is 2.09. The minimum atomic E-state index is -0.503. The van der Waals surface area contributed by atoms with Gasteiger partial charge in [-0.2, -0.15) is 0 Å². The summed E-state index contributed by atoms with van der Waals surface area (Å²) in [4.78, 5) is 35.1. The molecule has 0 aliphatic carbocycles. The van der Waals surface area contributed by atoms with Crippen LogP contribution in [0.25, 0.3) is 0 Å². The fourth-order valence-corrected chi connectivity index (χ4v) is 1.23. The minimum absolute atomic E-state index is 0.0744. The Morgan fingerprint density at radius 3 is 2.47 bits per heavy atom. The van der Waals surface area contributed by atoms with Gasteiger partial charge in [-0.25, -0.2) is 0 Å². The van der Waals surface area contributed by atoms with E-state index in [0.29, 0.717) is 13.0 Å². The van der Waals surface area contributed by atoms with Crippen LogP contribution in [0.1, 0.15) is 19.8 Å². The first-order valence-electron chi connectivity index (χ1n) is 5.56. The lowest BCUT2D eigenvalue weighted by atomic mass is 10.2. The molecule has 0 saturated carbocycles. The van der Waals surface area contributed by atoms with Gasteiger partial charge in [0.1, 0.15) is 6.42 Å². The summed E-state index contributed by atoms with van der Waals surface area (Å²) in [6.07, 6.45) is 0.123.